The molecule has 0 aliphatic carbocycles. The van der Waals surface area contributed by atoms with Crippen molar-refractivity contribution in [3.05, 3.63) is 166 Å². The molecule has 73 heavy (non-hydrogen) atoms. The molecule has 368 valence electrons. The van der Waals surface area contributed by atoms with E-state index in [4.69, 9.17) is 32.7 Å². The van der Waals surface area contributed by atoms with Crippen LogP contribution in [0.15, 0.2) is 164 Å². The van der Waals surface area contributed by atoms with Crippen molar-refractivity contribution in [3.63, 3.8) is 0 Å². The zero-order valence-corrected chi connectivity index (χ0v) is 44.1. The minimum Gasteiger partial charge on any atom is -0.870 e. The maximum absolute atomic E-state index is 13.3. The molecular formula is C50H38CaCl2N6O12S2. The number of ether oxygens (including phenoxy) is 2. The number of halogens is 2. The molecule has 0 radical (unpaired) electrons. The molecule has 0 fully saturated rings. The third-order valence-electron chi connectivity index (χ3n) is 10.5. The number of nitrogens with one attached hydrogen (secondary N) is 2. The summed E-state index contributed by atoms with van der Waals surface area (Å²) in [5.74, 6) is -1.13. The standard InChI is InChI=1S/2C25H20ClN3O6S.Ca/c2*1-14-11-20(22(26)21(12-14)36(32,33)34)28-29-23-18-6-4-3-5-15(18)13-19(24(23)30)25(31)27-16-7-9-17(35-2)10-8-16;/h2*3-13,30H,1-2H3,(H,27,31)(H,32,33,34);/q;;+2/p-2. The molecule has 0 aliphatic heterocycles. The molecule has 0 unspecified atom stereocenters. The van der Waals surface area contributed by atoms with E-state index in [0.717, 1.165) is 6.07 Å². The van der Waals surface area contributed by atoms with Crippen LogP contribution in [0.3, 0.4) is 0 Å². The van der Waals surface area contributed by atoms with Crippen molar-refractivity contribution in [2.45, 2.75) is 23.6 Å². The number of amides is 2. The Morgan fingerprint density at radius 2 is 1.00 bits per heavy atom. The number of rotatable bonds is 12. The maximum Gasteiger partial charge on any atom is 2.00 e. The van der Waals surface area contributed by atoms with Gasteiger partial charge in [0.25, 0.3) is 21.9 Å². The summed E-state index contributed by atoms with van der Waals surface area (Å²) < 4.78 is 77.7. The first-order valence-corrected chi connectivity index (χ1v) is 24.5. The molecule has 0 spiro atoms. The number of carbonyl (C=O) groups excluding carboxylic acids is 2. The summed E-state index contributed by atoms with van der Waals surface area (Å²) in [6.07, 6.45) is 0. The fourth-order valence-electron chi connectivity index (χ4n) is 7.07. The Labute approximate surface area is 457 Å². The van der Waals surface area contributed by atoms with E-state index in [-0.39, 0.29) is 76.6 Å². The van der Waals surface area contributed by atoms with Crippen molar-refractivity contribution in [1.82, 2.24) is 0 Å². The number of azo groups is 2. The number of fused-ring (bicyclic) bond motifs is 2. The zero-order chi connectivity index (χ0) is 52.1. The second-order valence-electron chi connectivity index (χ2n) is 15.6. The van der Waals surface area contributed by atoms with Gasteiger partial charge in [0.2, 0.25) is 0 Å². The first-order valence-electron chi connectivity index (χ1n) is 20.9. The summed E-state index contributed by atoms with van der Waals surface area (Å²) >= 11 is 12.3. The molecule has 2 amide bonds. The monoisotopic (exact) mass is 1090 g/mol. The number of anilines is 2. The number of aromatic hydroxyl groups is 1. The van der Waals surface area contributed by atoms with Gasteiger partial charge in [0, 0.05) is 27.7 Å². The predicted molar refractivity (Wildman–Crippen MR) is 275 cm³/mol. The number of aryl methyl sites for hydroxylation is 2. The molecule has 8 rings (SSSR count). The number of hydrogen-bond acceptors (Lipinski definition) is 15. The minimum absolute atomic E-state index is 0. The molecule has 0 aliphatic rings. The first kappa shape index (κ1) is 55.6. The smallest absolute Gasteiger partial charge is 0.870 e. The van der Waals surface area contributed by atoms with E-state index < -0.39 is 58.4 Å². The normalized spacial score (nSPS) is 11.5. The van der Waals surface area contributed by atoms with Crippen LogP contribution in [0.2, 0.25) is 10.0 Å². The van der Waals surface area contributed by atoms with Gasteiger partial charge in [-0.05, 0) is 121 Å². The number of methoxy groups -OCH3 is 2. The van der Waals surface area contributed by atoms with E-state index in [1.165, 1.54) is 44.6 Å². The first-order chi connectivity index (χ1) is 34.2. The van der Waals surface area contributed by atoms with Crippen LogP contribution in [0.4, 0.5) is 34.1 Å². The number of phenols is 1. The molecule has 0 saturated heterocycles. The summed E-state index contributed by atoms with van der Waals surface area (Å²) in [7, 11) is -6.41. The van der Waals surface area contributed by atoms with E-state index >= 15 is 0 Å². The van der Waals surface area contributed by atoms with Crippen molar-refractivity contribution < 1.29 is 55.2 Å². The number of carbonyl (C=O) groups is 2. The summed E-state index contributed by atoms with van der Waals surface area (Å²) in [6, 6.07) is 35.2. The van der Waals surface area contributed by atoms with Gasteiger partial charge in [-0.25, -0.2) is 8.42 Å². The van der Waals surface area contributed by atoms with Crippen LogP contribution in [0, 0.1) is 13.8 Å². The summed E-state index contributed by atoms with van der Waals surface area (Å²) in [5.41, 5.74) is 1.28. The number of benzene rings is 8. The van der Waals surface area contributed by atoms with Gasteiger partial charge in [0.15, 0.2) is 5.75 Å². The minimum atomic E-state index is -4.86. The Morgan fingerprint density at radius 1 is 0.589 bits per heavy atom. The molecule has 18 nitrogen and oxygen atoms in total. The Balaban J connectivity index is 0.000000235. The zero-order valence-electron chi connectivity index (χ0n) is 38.7. The molecular weight excluding hydrogens is 1050 g/mol. The van der Waals surface area contributed by atoms with E-state index in [0.29, 0.717) is 55.5 Å². The number of hydrogen-bond donors (Lipinski definition) is 4. The number of nitrogens with zero attached hydrogens (tertiary/aromatic N) is 4. The van der Waals surface area contributed by atoms with E-state index in [9.17, 15) is 45.7 Å². The van der Waals surface area contributed by atoms with Crippen molar-refractivity contribution in [2.24, 2.45) is 20.5 Å². The molecule has 8 aromatic rings. The van der Waals surface area contributed by atoms with Crippen molar-refractivity contribution in [3.8, 4) is 23.0 Å². The molecule has 23 heteroatoms. The van der Waals surface area contributed by atoms with Crippen LogP contribution in [0.5, 0.6) is 23.0 Å². The molecule has 0 bridgehead atoms. The van der Waals surface area contributed by atoms with Gasteiger partial charge in [-0.2, -0.15) is 13.5 Å². The fourth-order valence-corrected chi connectivity index (χ4v) is 9.26. The van der Waals surface area contributed by atoms with E-state index in [2.05, 4.69) is 31.1 Å². The van der Waals surface area contributed by atoms with E-state index in [1.54, 1.807) is 111 Å². The van der Waals surface area contributed by atoms with Gasteiger partial charge in [0.05, 0.1) is 40.4 Å². The molecule has 0 aromatic heterocycles. The molecule has 0 saturated carbocycles. The van der Waals surface area contributed by atoms with Crippen LogP contribution in [0.25, 0.3) is 21.5 Å². The average molecular weight is 1090 g/mol. The van der Waals surface area contributed by atoms with Gasteiger partial charge in [-0.15, -0.1) is 15.3 Å². The summed E-state index contributed by atoms with van der Waals surface area (Å²) in [5, 5.41) is 47.2. The van der Waals surface area contributed by atoms with Crippen molar-refractivity contribution >= 4 is 149 Å². The van der Waals surface area contributed by atoms with Gasteiger partial charge in [-0.3, -0.25) is 14.1 Å². The van der Waals surface area contributed by atoms with Gasteiger partial charge < -0.3 is 34.9 Å². The Hall–Kier alpha value is -6.72. The van der Waals surface area contributed by atoms with Crippen LogP contribution in [0.1, 0.15) is 31.8 Å². The van der Waals surface area contributed by atoms with Crippen LogP contribution in [-0.2, 0) is 20.2 Å². The molecule has 8 aromatic carbocycles. The van der Waals surface area contributed by atoms with Gasteiger partial charge in [-0.1, -0.05) is 77.5 Å². The predicted octanol–water partition coefficient (Wildman–Crippen LogP) is 11.5. The summed E-state index contributed by atoms with van der Waals surface area (Å²) in [4.78, 5) is 24.8. The topological polar surface area (TPSA) is 281 Å². The Kier molecular flexibility index (Phi) is 17.8. The fraction of sp³-hybridized carbons (Fsp3) is 0.0800. The SMILES string of the molecule is COc1ccc(NC(=O)c2cc3ccccc3c(N=Nc3cc(C)cc(S(=O)(=O)O)c3Cl)c2O)cc1.COc1ccc(NC(=O)c2cc3ccccc3c(N=Nc3cc(C)cc(S(=O)(=O)[O-])c3Cl)c2[O-])cc1.[Ca+2]. The number of phenolic OH excluding ortho intramolecular Hbond substituents is 1. The molecule has 4 N–H and O–H groups in total. The van der Waals surface area contributed by atoms with Crippen molar-refractivity contribution in [2.75, 3.05) is 24.9 Å². The molecule has 0 atom stereocenters. The average Bonchev–Trinajstić information content (AvgIpc) is 3.34. The second kappa shape index (κ2) is 23.4. The molecule has 0 heterocycles. The van der Waals surface area contributed by atoms with Gasteiger partial charge in [0.1, 0.15) is 43.6 Å². The quantitative estimate of drug-likeness (QED) is 0.0505. The third-order valence-corrected chi connectivity index (χ3v) is 13.3. The summed E-state index contributed by atoms with van der Waals surface area (Å²) in [6.45, 7) is 3.16. The van der Waals surface area contributed by atoms with Crippen LogP contribution >= 0.6 is 23.2 Å². The Morgan fingerprint density at radius 3 is 1.47 bits per heavy atom. The largest absolute Gasteiger partial charge is 2.00 e. The van der Waals surface area contributed by atoms with Crippen LogP contribution < -0.4 is 25.2 Å². The third kappa shape index (κ3) is 13.1. The second-order valence-corrected chi connectivity index (χ2v) is 19.0. The Bertz CT molecular complexity index is 3490. The van der Waals surface area contributed by atoms with Crippen molar-refractivity contribution in [1.29, 1.82) is 0 Å². The van der Waals surface area contributed by atoms with Crippen LogP contribution in [-0.4, -0.2) is 94.8 Å². The maximum atomic E-state index is 13.3. The van der Waals surface area contributed by atoms with E-state index in [1.807, 2.05) is 0 Å². The van der Waals surface area contributed by atoms with Gasteiger partial charge >= 0.3 is 37.7 Å².